The van der Waals surface area contributed by atoms with Crippen LogP contribution in [0.4, 0.5) is 5.82 Å². The van der Waals surface area contributed by atoms with Crippen LogP contribution in [0.3, 0.4) is 0 Å². The van der Waals surface area contributed by atoms with Crippen molar-refractivity contribution in [3.8, 4) is 0 Å². The Balaban J connectivity index is 1.41. The number of hydrogen-bond acceptors (Lipinski definition) is 5. The van der Waals surface area contributed by atoms with Crippen molar-refractivity contribution in [2.75, 3.05) is 31.1 Å². The number of amides is 1. The van der Waals surface area contributed by atoms with E-state index in [1.165, 1.54) is 46.3 Å². The molecule has 0 N–H and O–H groups in total. The SMILES string of the molecule is CC[C@H](C)c1nc(N2CCN(C(=O)Cc3ccccc3)CC2)c2c3c(sc2n1)CCCCC3. The van der Waals surface area contributed by atoms with Gasteiger partial charge in [0.05, 0.1) is 11.8 Å². The lowest BCUT2D eigenvalue weighted by Crippen LogP contribution is -2.49. The summed E-state index contributed by atoms with van der Waals surface area (Å²) in [5.74, 6) is 2.66. The highest BCUT2D eigenvalue weighted by Crippen LogP contribution is 2.40. The summed E-state index contributed by atoms with van der Waals surface area (Å²) in [5, 5.41) is 1.30. The predicted octanol–water partition coefficient (Wildman–Crippen LogP) is 5.37. The van der Waals surface area contributed by atoms with E-state index in [0.717, 1.165) is 56.2 Å². The fourth-order valence-electron chi connectivity index (χ4n) is 5.01. The number of carbonyl (C=O) groups is 1. The van der Waals surface area contributed by atoms with Crippen LogP contribution < -0.4 is 4.90 Å². The van der Waals surface area contributed by atoms with Crippen LogP contribution in [0, 0.1) is 0 Å². The van der Waals surface area contributed by atoms with E-state index < -0.39 is 0 Å². The molecule has 0 unspecified atom stereocenters. The minimum atomic E-state index is 0.221. The quantitative estimate of drug-likeness (QED) is 0.479. The molecular formula is C27H34N4OS. The van der Waals surface area contributed by atoms with Crippen molar-refractivity contribution in [3.63, 3.8) is 0 Å². The Bertz CT molecular complexity index is 1120. The minimum Gasteiger partial charge on any atom is -0.352 e. The molecule has 1 amide bonds. The first-order chi connectivity index (χ1) is 16.1. The summed E-state index contributed by atoms with van der Waals surface area (Å²) in [7, 11) is 0. The zero-order chi connectivity index (χ0) is 22.8. The number of fused-ring (bicyclic) bond motifs is 3. The van der Waals surface area contributed by atoms with Crippen LogP contribution in [0.25, 0.3) is 10.2 Å². The van der Waals surface area contributed by atoms with Crippen LogP contribution in [0.15, 0.2) is 30.3 Å². The number of nitrogens with zero attached hydrogens (tertiary/aromatic N) is 4. The molecule has 3 aromatic rings. The van der Waals surface area contributed by atoms with Crippen molar-refractivity contribution in [1.29, 1.82) is 0 Å². The highest BCUT2D eigenvalue weighted by atomic mass is 32.1. The molecule has 0 radical (unpaired) electrons. The molecule has 5 rings (SSSR count). The smallest absolute Gasteiger partial charge is 0.227 e. The fraction of sp³-hybridized carbons (Fsp3) is 0.519. The largest absolute Gasteiger partial charge is 0.352 e. The molecule has 5 nitrogen and oxygen atoms in total. The number of rotatable bonds is 5. The van der Waals surface area contributed by atoms with Gasteiger partial charge < -0.3 is 9.80 Å². The third-order valence-corrected chi connectivity index (χ3v) is 8.43. The summed E-state index contributed by atoms with van der Waals surface area (Å²) in [5.41, 5.74) is 2.59. The second-order valence-corrected chi connectivity index (χ2v) is 10.6. The molecule has 33 heavy (non-hydrogen) atoms. The van der Waals surface area contributed by atoms with Gasteiger partial charge in [-0.25, -0.2) is 9.97 Å². The van der Waals surface area contributed by atoms with Gasteiger partial charge in [0.25, 0.3) is 0 Å². The maximum atomic E-state index is 12.9. The number of benzene rings is 1. The topological polar surface area (TPSA) is 49.3 Å². The molecule has 1 saturated heterocycles. The maximum Gasteiger partial charge on any atom is 0.227 e. The Hall–Kier alpha value is -2.47. The van der Waals surface area contributed by atoms with Crippen LogP contribution >= 0.6 is 11.3 Å². The molecular weight excluding hydrogens is 428 g/mol. The predicted molar refractivity (Wildman–Crippen MR) is 136 cm³/mol. The standard InChI is InChI=1S/C27H34N4OS/c1-3-19(2)25-28-26(24-21-12-8-5-9-13-22(21)33-27(24)29-25)31-16-14-30(15-17-31)23(32)18-20-10-6-4-7-11-20/h4,6-7,10-11,19H,3,5,8-9,12-18H2,1-2H3/t19-/m0/s1. The summed E-state index contributed by atoms with van der Waals surface area (Å²) in [6.07, 6.45) is 7.69. The van der Waals surface area contributed by atoms with E-state index in [4.69, 9.17) is 9.97 Å². The first kappa shape index (κ1) is 22.3. The van der Waals surface area contributed by atoms with Gasteiger partial charge in [0.1, 0.15) is 16.5 Å². The summed E-state index contributed by atoms with van der Waals surface area (Å²) in [6, 6.07) is 10.1. The van der Waals surface area contributed by atoms with Crippen molar-refractivity contribution in [2.45, 2.75) is 64.7 Å². The van der Waals surface area contributed by atoms with Crippen molar-refractivity contribution >= 4 is 33.3 Å². The van der Waals surface area contributed by atoms with E-state index in [-0.39, 0.29) is 5.91 Å². The zero-order valence-electron chi connectivity index (χ0n) is 19.8. The van der Waals surface area contributed by atoms with E-state index in [1.54, 1.807) is 0 Å². The molecule has 1 aliphatic carbocycles. The lowest BCUT2D eigenvalue weighted by Gasteiger charge is -2.36. The molecule has 0 saturated carbocycles. The average Bonchev–Trinajstić information content (AvgIpc) is 3.04. The van der Waals surface area contributed by atoms with Gasteiger partial charge in [-0.2, -0.15) is 0 Å². The second kappa shape index (κ2) is 9.80. The number of carbonyl (C=O) groups excluding carboxylic acids is 1. The van der Waals surface area contributed by atoms with Gasteiger partial charge in [0.15, 0.2) is 0 Å². The van der Waals surface area contributed by atoms with Crippen LogP contribution in [-0.4, -0.2) is 47.0 Å². The normalized spacial score (nSPS) is 17.6. The summed E-state index contributed by atoms with van der Waals surface area (Å²) < 4.78 is 0. The van der Waals surface area contributed by atoms with E-state index in [1.807, 2.05) is 46.6 Å². The lowest BCUT2D eigenvalue weighted by molar-refractivity contribution is -0.130. The van der Waals surface area contributed by atoms with E-state index in [9.17, 15) is 4.79 Å². The Morgan fingerprint density at radius 3 is 2.55 bits per heavy atom. The molecule has 0 bridgehead atoms. The van der Waals surface area contributed by atoms with Gasteiger partial charge >= 0.3 is 0 Å². The lowest BCUT2D eigenvalue weighted by atomic mass is 10.1. The van der Waals surface area contributed by atoms with E-state index >= 15 is 0 Å². The highest BCUT2D eigenvalue weighted by molar-refractivity contribution is 7.19. The van der Waals surface area contributed by atoms with Gasteiger partial charge in [0.2, 0.25) is 5.91 Å². The molecule has 1 aromatic carbocycles. The minimum absolute atomic E-state index is 0.221. The third-order valence-electron chi connectivity index (χ3n) is 7.25. The maximum absolute atomic E-state index is 12.9. The highest BCUT2D eigenvalue weighted by Gasteiger charge is 2.27. The number of piperazine rings is 1. The van der Waals surface area contributed by atoms with E-state index in [0.29, 0.717) is 12.3 Å². The van der Waals surface area contributed by atoms with Crippen molar-refractivity contribution in [3.05, 3.63) is 52.2 Å². The first-order valence-corrected chi connectivity index (χ1v) is 13.3. The summed E-state index contributed by atoms with van der Waals surface area (Å²) in [6.45, 7) is 7.60. The Morgan fingerprint density at radius 1 is 1.03 bits per heavy atom. The molecule has 2 aromatic heterocycles. The van der Waals surface area contributed by atoms with Gasteiger partial charge in [-0.3, -0.25) is 4.79 Å². The molecule has 6 heteroatoms. The molecule has 1 atom stereocenters. The van der Waals surface area contributed by atoms with Crippen LogP contribution in [-0.2, 0) is 24.1 Å². The Labute approximate surface area is 200 Å². The first-order valence-electron chi connectivity index (χ1n) is 12.5. The number of anilines is 1. The number of thiophene rings is 1. The zero-order valence-corrected chi connectivity index (χ0v) is 20.7. The van der Waals surface area contributed by atoms with Crippen LogP contribution in [0.5, 0.6) is 0 Å². The monoisotopic (exact) mass is 462 g/mol. The molecule has 0 spiro atoms. The average molecular weight is 463 g/mol. The molecule has 3 heterocycles. The van der Waals surface area contributed by atoms with Crippen LogP contribution in [0.1, 0.15) is 67.3 Å². The molecule has 2 aliphatic rings. The van der Waals surface area contributed by atoms with Gasteiger partial charge in [-0.15, -0.1) is 11.3 Å². The van der Waals surface area contributed by atoms with Crippen molar-refractivity contribution in [1.82, 2.24) is 14.9 Å². The molecule has 1 aliphatic heterocycles. The number of hydrogen-bond donors (Lipinski definition) is 0. The van der Waals surface area contributed by atoms with Crippen LogP contribution in [0.2, 0.25) is 0 Å². The Kier molecular flexibility index (Phi) is 6.63. The van der Waals surface area contributed by atoms with Crippen molar-refractivity contribution < 1.29 is 4.79 Å². The summed E-state index contributed by atoms with van der Waals surface area (Å²) >= 11 is 1.90. The molecule has 174 valence electrons. The van der Waals surface area contributed by atoms with Gasteiger partial charge in [-0.05, 0) is 43.2 Å². The fourth-order valence-corrected chi connectivity index (χ4v) is 6.28. The summed E-state index contributed by atoms with van der Waals surface area (Å²) in [4.78, 5) is 30.2. The Morgan fingerprint density at radius 2 is 1.79 bits per heavy atom. The number of aromatic nitrogens is 2. The van der Waals surface area contributed by atoms with Gasteiger partial charge in [0, 0.05) is 37.0 Å². The van der Waals surface area contributed by atoms with Crippen molar-refractivity contribution in [2.24, 2.45) is 0 Å². The van der Waals surface area contributed by atoms with Gasteiger partial charge in [-0.1, -0.05) is 50.6 Å². The molecule has 1 fully saturated rings. The second-order valence-electron chi connectivity index (χ2n) is 9.49. The number of aryl methyl sites for hydroxylation is 2. The van der Waals surface area contributed by atoms with E-state index in [2.05, 4.69) is 18.7 Å². The third kappa shape index (κ3) is 4.63.